The summed E-state index contributed by atoms with van der Waals surface area (Å²) in [7, 11) is 0. The van der Waals surface area contributed by atoms with Crippen molar-refractivity contribution in [2.45, 2.75) is 72.4 Å². The van der Waals surface area contributed by atoms with Crippen molar-refractivity contribution in [3.63, 3.8) is 0 Å². The van der Waals surface area contributed by atoms with Crippen LogP contribution >= 0.6 is 11.3 Å². The SMILES string of the molecule is CCCn1c(C)c(C(=O)c2cc3ccsc3n2CCC)c2c1CCCC2. The Labute approximate surface area is 159 Å². The van der Waals surface area contributed by atoms with E-state index in [0.717, 1.165) is 50.0 Å². The van der Waals surface area contributed by atoms with E-state index in [1.54, 1.807) is 11.3 Å². The Morgan fingerprint density at radius 3 is 2.62 bits per heavy atom. The van der Waals surface area contributed by atoms with Crippen LogP contribution in [0.3, 0.4) is 0 Å². The summed E-state index contributed by atoms with van der Waals surface area (Å²) in [5, 5.41) is 3.32. The maximum atomic E-state index is 13.7. The number of ketones is 1. The Kier molecular flexibility index (Phi) is 4.78. The zero-order valence-corrected chi connectivity index (χ0v) is 16.9. The van der Waals surface area contributed by atoms with Gasteiger partial charge in [-0.3, -0.25) is 4.79 Å². The molecule has 0 saturated heterocycles. The highest BCUT2D eigenvalue weighted by Gasteiger charge is 2.29. The first kappa shape index (κ1) is 17.6. The first-order valence-electron chi connectivity index (χ1n) is 9.99. The van der Waals surface area contributed by atoms with Gasteiger partial charge in [-0.2, -0.15) is 0 Å². The highest BCUT2D eigenvalue weighted by Crippen LogP contribution is 2.34. The molecular weight excluding hydrogens is 340 g/mol. The maximum absolute atomic E-state index is 13.7. The molecule has 0 amide bonds. The number of aryl methyl sites for hydroxylation is 1. The van der Waals surface area contributed by atoms with E-state index in [-0.39, 0.29) is 5.78 Å². The fourth-order valence-corrected chi connectivity index (χ4v) is 5.50. The number of hydrogen-bond acceptors (Lipinski definition) is 2. The average molecular weight is 369 g/mol. The van der Waals surface area contributed by atoms with Gasteiger partial charge in [0.2, 0.25) is 5.78 Å². The van der Waals surface area contributed by atoms with Crippen LogP contribution in [0.1, 0.15) is 72.5 Å². The van der Waals surface area contributed by atoms with Crippen molar-refractivity contribution >= 4 is 27.3 Å². The summed E-state index contributed by atoms with van der Waals surface area (Å²) in [6, 6.07) is 4.24. The molecule has 0 radical (unpaired) electrons. The highest BCUT2D eigenvalue weighted by atomic mass is 32.1. The summed E-state index contributed by atoms with van der Waals surface area (Å²) in [6.45, 7) is 8.47. The summed E-state index contributed by atoms with van der Waals surface area (Å²) >= 11 is 1.74. The number of carbonyl (C=O) groups excluding carboxylic acids is 1. The van der Waals surface area contributed by atoms with Crippen molar-refractivity contribution in [2.24, 2.45) is 0 Å². The number of hydrogen-bond donors (Lipinski definition) is 0. The minimum Gasteiger partial charge on any atom is -0.348 e. The summed E-state index contributed by atoms with van der Waals surface area (Å²) < 4.78 is 4.67. The minimum atomic E-state index is 0.229. The molecule has 0 aliphatic heterocycles. The largest absolute Gasteiger partial charge is 0.348 e. The fourth-order valence-electron chi connectivity index (χ4n) is 4.58. The van der Waals surface area contributed by atoms with Gasteiger partial charge in [-0.25, -0.2) is 0 Å². The molecule has 4 rings (SSSR count). The van der Waals surface area contributed by atoms with Crippen molar-refractivity contribution in [1.82, 2.24) is 9.13 Å². The molecule has 0 atom stereocenters. The molecule has 0 spiro atoms. The third-order valence-electron chi connectivity index (χ3n) is 5.69. The molecule has 1 aliphatic rings. The number of aromatic nitrogens is 2. The molecule has 26 heavy (non-hydrogen) atoms. The van der Waals surface area contributed by atoms with Crippen LogP contribution < -0.4 is 0 Å². The zero-order valence-electron chi connectivity index (χ0n) is 16.1. The Morgan fingerprint density at radius 1 is 1.12 bits per heavy atom. The first-order valence-corrected chi connectivity index (χ1v) is 10.9. The van der Waals surface area contributed by atoms with Crippen molar-refractivity contribution in [2.75, 3.05) is 0 Å². The third-order valence-corrected chi connectivity index (χ3v) is 6.64. The molecule has 0 aromatic carbocycles. The van der Waals surface area contributed by atoms with E-state index in [1.807, 2.05) is 0 Å². The Hall–Kier alpha value is -1.81. The van der Waals surface area contributed by atoms with Crippen LogP contribution in [-0.4, -0.2) is 14.9 Å². The minimum absolute atomic E-state index is 0.229. The van der Waals surface area contributed by atoms with Crippen molar-refractivity contribution in [1.29, 1.82) is 0 Å². The smallest absolute Gasteiger partial charge is 0.211 e. The molecule has 0 bridgehead atoms. The first-order chi connectivity index (χ1) is 12.7. The lowest BCUT2D eigenvalue weighted by molar-refractivity contribution is 0.102. The number of thiophene rings is 1. The quantitative estimate of drug-likeness (QED) is 0.509. The van der Waals surface area contributed by atoms with E-state index in [2.05, 4.69) is 47.4 Å². The van der Waals surface area contributed by atoms with Crippen molar-refractivity contribution in [3.05, 3.63) is 45.7 Å². The van der Waals surface area contributed by atoms with E-state index < -0.39 is 0 Å². The van der Waals surface area contributed by atoms with Gasteiger partial charge in [-0.05, 0) is 68.5 Å². The molecule has 4 heteroatoms. The lowest BCUT2D eigenvalue weighted by Gasteiger charge is -2.16. The predicted molar refractivity (Wildman–Crippen MR) is 110 cm³/mol. The Bertz CT molecular complexity index is 957. The van der Waals surface area contributed by atoms with Gasteiger partial charge in [0, 0.05) is 35.4 Å². The zero-order chi connectivity index (χ0) is 18.3. The van der Waals surface area contributed by atoms with Gasteiger partial charge in [-0.1, -0.05) is 13.8 Å². The van der Waals surface area contributed by atoms with Gasteiger partial charge < -0.3 is 9.13 Å². The monoisotopic (exact) mass is 368 g/mol. The van der Waals surface area contributed by atoms with E-state index in [1.165, 1.54) is 40.0 Å². The number of rotatable bonds is 6. The number of fused-ring (bicyclic) bond motifs is 2. The molecule has 0 N–H and O–H groups in total. The van der Waals surface area contributed by atoms with Gasteiger partial charge in [0.05, 0.1) is 5.69 Å². The number of carbonyl (C=O) groups is 1. The van der Waals surface area contributed by atoms with Gasteiger partial charge in [0.25, 0.3) is 0 Å². The van der Waals surface area contributed by atoms with Gasteiger partial charge in [-0.15, -0.1) is 11.3 Å². The highest BCUT2D eigenvalue weighted by molar-refractivity contribution is 7.16. The summed E-state index contributed by atoms with van der Waals surface area (Å²) in [4.78, 5) is 14.9. The standard InChI is InChI=1S/C22H28N2OS/c1-4-11-23-15(3)20(17-8-6-7-9-18(17)23)21(25)19-14-16-10-13-26-22(16)24(19)12-5-2/h10,13-14H,4-9,11-12H2,1-3H3. The van der Waals surface area contributed by atoms with E-state index in [9.17, 15) is 4.79 Å². The van der Waals surface area contributed by atoms with Crippen LogP contribution in [0.4, 0.5) is 0 Å². The molecule has 3 aromatic heterocycles. The average Bonchev–Trinajstić information content (AvgIpc) is 3.30. The lowest BCUT2D eigenvalue weighted by Crippen LogP contribution is -2.13. The molecule has 1 aliphatic carbocycles. The van der Waals surface area contributed by atoms with Crippen LogP contribution in [0, 0.1) is 6.92 Å². The van der Waals surface area contributed by atoms with Crippen LogP contribution in [0.15, 0.2) is 17.5 Å². The Balaban J connectivity index is 1.87. The van der Waals surface area contributed by atoms with Gasteiger partial charge >= 0.3 is 0 Å². The maximum Gasteiger partial charge on any atom is 0.211 e. The second-order valence-corrected chi connectivity index (χ2v) is 8.33. The predicted octanol–water partition coefficient (Wildman–Crippen LogP) is 5.74. The second kappa shape index (κ2) is 7.07. The third kappa shape index (κ3) is 2.66. The molecular formula is C22H28N2OS. The van der Waals surface area contributed by atoms with Crippen molar-refractivity contribution < 1.29 is 4.79 Å². The molecule has 3 heterocycles. The molecule has 0 saturated carbocycles. The van der Waals surface area contributed by atoms with Crippen molar-refractivity contribution in [3.8, 4) is 0 Å². The van der Waals surface area contributed by atoms with Crippen LogP contribution in [0.25, 0.3) is 10.2 Å². The normalized spacial score (nSPS) is 14.1. The van der Waals surface area contributed by atoms with Crippen LogP contribution in [0.2, 0.25) is 0 Å². The van der Waals surface area contributed by atoms with E-state index >= 15 is 0 Å². The van der Waals surface area contributed by atoms with E-state index in [4.69, 9.17) is 0 Å². The van der Waals surface area contributed by atoms with Crippen LogP contribution in [-0.2, 0) is 25.9 Å². The molecule has 138 valence electrons. The van der Waals surface area contributed by atoms with Gasteiger partial charge in [0.15, 0.2) is 0 Å². The molecule has 3 aromatic rings. The molecule has 3 nitrogen and oxygen atoms in total. The summed E-state index contributed by atoms with van der Waals surface area (Å²) in [5.74, 6) is 0.229. The second-order valence-electron chi connectivity index (χ2n) is 7.44. The summed E-state index contributed by atoms with van der Waals surface area (Å²) in [6.07, 6.45) is 6.77. The van der Waals surface area contributed by atoms with Crippen LogP contribution in [0.5, 0.6) is 0 Å². The molecule has 0 unspecified atom stereocenters. The summed E-state index contributed by atoms with van der Waals surface area (Å²) in [5.41, 5.74) is 5.81. The van der Waals surface area contributed by atoms with Gasteiger partial charge in [0.1, 0.15) is 4.83 Å². The van der Waals surface area contributed by atoms with E-state index in [0.29, 0.717) is 0 Å². The Morgan fingerprint density at radius 2 is 1.85 bits per heavy atom. The molecule has 0 fully saturated rings. The fraction of sp³-hybridized carbons (Fsp3) is 0.500. The lowest BCUT2D eigenvalue weighted by atomic mass is 9.92. The topological polar surface area (TPSA) is 26.9 Å². The number of nitrogens with zero attached hydrogens (tertiary/aromatic N) is 2.